The zero-order chi connectivity index (χ0) is 17.6. The minimum atomic E-state index is -0.206. The lowest BCUT2D eigenvalue weighted by Crippen LogP contribution is -2.08. The number of nitrogens with zero attached hydrogens (tertiary/aromatic N) is 3. The maximum absolute atomic E-state index is 12.1. The van der Waals surface area contributed by atoms with Crippen molar-refractivity contribution in [2.45, 2.75) is 20.3 Å². The van der Waals surface area contributed by atoms with Gasteiger partial charge in [0.25, 0.3) is 0 Å². The summed E-state index contributed by atoms with van der Waals surface area (Å²) >= 11 is 0. The van der Waals surface area contributed by atoms with Crippen LogP contribution in [0.4, 0.5) is 5.69 Å². The Kier molecular flexibility index (Phi) is 5.09. The third kappa shape index (κ3) is 4.44. The molecule has 0 aliphatic carbocycles. The monoisotopic (exact) mass is 336 g/mol. The molecular weight excluding hydrogens is 316 g/mol. The lowest BCUT2D eigenvalue weighted by molar-refractivity contribution is -0.111. The third-order valence-electron chi connectivity index (χ3n) is 3.48. The Hall–Kier alpha value is -3.15. The lowest BCUT2D eigenvalue weighted by atomic mass is 10.2. The zero-order valence-electron chi connectivity index (χ0n) is 14.3. The van der Waals surface area contributed by atoms with Crippen LogP contribution in [0, 0.1) is 6.92 Å². The predicted octanol–water partition coefficient (Wildman–Crippen LogP) is 3.48. The highest BCUT2D eigenvalue weighted by molar-refractivity contribution is 6.01. The number of benzene rings is 1. The van der Waals surface area contributed by atoms with Gasteiger partial charge in [0, 0.05) is 6.08 Å². The van der Waals surface area contributed by atoms with Crippen LogP contribution < -0.4 is 10.1 Å². The van der Waals surface area contributed by atoms with Crippen molar-refractivity contribution in [3.05, 3.63) is 60.1 Å². The van der Waals surface area contributed by atoms with Gasteiger partial charge in [-0.1, -0.05) is 19.1 Å². The molecule has 0 fully saturated rings. The topological polar surface area (TPSA) is 68.5 Å². The summed E-state index contributed by atoms with van der Waals surface area (Å²) in [6, 6.07) is 11.2. The number of hydrogen-bond acceptors (Lipinski definition) is 4. The molecule has 0 unspecified atom stereocenters. The van der Waals surface area contributed by atoms with Gasteiger partial charge in [0.1, 0.15) is 11.6 Å². The van der Waals surface area contributed by atoms with Crippen molar-refractivity contribution in [3.8, 4) is 5.75 Å². The second-order valence-electron chi connectivity index (χ2n) is 5.62. The van der Waals surface area contributed by atoms with Crippen molar-refractivity contribution in [3.63, 3.8) is 0 Å². The molecule has 0 spiro atoms. The van der Waals surface area contributed by atoms with E-state index in [9.17, 15) is 4.79 Å². The fraction of sp³-hybridized carbons (Fsp3) is 0.211. The molecule has 0 atom stereocenters. The number of hydrogen-bond donors (Lipinski definition) is 1. The number of anilines is 1. The molecule has 1 amide bonds. The molecule has 0 aliphatic rings. The first-order chi connectivity index (χ1) is 12.1. The molecule has 128 valence electrons. The quantitative estimate of drug-likeness (QED) is 0.700. The first-order valence-corrected chi connectivity index (χ1v) is 8.19. The van der Waals surface area contributed by atoms with Gasteiger partial charge in [0.15, 0.2) is 5.65 Å². The van der Waals surface area contributed by atoms with Crippen molar-refractivity contribution < 1.29 is 9.53 Å². The zero-order valence-corrected chi connectivity index (χ0v) is 14.3. The van der Waals surface area contributed by atoms with Crippen LogP contribution in [-0.4, -0.2) is 27.1 Å². The average Bonchev–Trinajstić information content (AvgIpc) is 2.98. The largest absolute Gasteiger partial charge is 0.494 e. The standard InChI is InChI=1S/C19H20N4O2/c1-3-12-25-17-8-4-15(5-9-17)6-11-19(24)21-16-7-10-18-20-14(2)22-23(18)13-16/h4-11,13H,3,12H2,1-2H3,(H,21,24)/b11-6+. The molecule has 0 aliphatic heterocycles. The van der Waals surface area contributed by atoms with E-state index in [1.807, 2.05) is 37.3 Å². The second kappa shape index (κ2) is 7.61. The number of fused-ring (bicyclic) bond motifs is 1. The van der Waals surface area contributed by atoms with Gasteiger partial charge in [-0.3, -0.25) is 4.79 Å². The molecule has 1 aromatic carbocycles. The van der Waals surface area contributed by atoms with Crippen LogP contribution in [0.5, 0.6) is 5.75 Å². The SMILES string of the molecule is CCCOc1ccc(/C=C/C(=O)Nc2ccc3nc(C)nn3c2)cc1. The van der Waals surface area contributed by atoms with E-state index in [4.69, 9.17) is 4.74 Å². The van der Waals surface area contributed by atoms with Crippen LogP contribution in [0.25, 0.3) is 11.7 Å². The summed E-state index contributed by atoms with van der Waals surface area (Å²) in [5.74, 6) is 1.32. The highest BCUT2D eigenvalue weighted by Crippen LogP contribution is 2.14. The molecule has 2 aromatic heterocycles. The Bertz CT molecular complexity index is 897. The number of aryl methyl sites for hydroxylation is 1. The molecule has 1 N–H and O–H groups in total. The number of carbonyl (C=O) groups excluding carboxylic acids is 1. The van der Waals surface area contributed by atoms with Crippen LogP contribution in [0.3, 0.4) is 0 Å². The molecule has 0 bridgehead atoms. The predicted molar refractivity (Wildman–Crippen MR) is 97.6 cm³/mol. The Morgan fingerprint density at radius 2 is 2.04 bits per heavy atom. The number of nitrogens with one attached hydrogen (secondary N) is 1. The fourth-order valence-corrected chi connectivity index (χ4v) is 2.32. The van der Waals surface area contributed by atoms with Gasteiger partial charge in [0.05, 0.1) is 18.5 Å². The lowest BCUT2D eigenvalue weighted by Gasteiger charge is -2.04. The summed E-state index contributed by atoms with van der Waals surface area (Å²) in [6.07, 6.45) is 5.97. The first kappa shape index (κ1) is 16.7. The van der Waals surface area contributed by atoms with E-state index in [0.29, 0.717) is 18.1 Å². The molecule has 6 heteroatoms. The molecule has 6 nitrogen and oxygen atoms in total. The number of aromatic nitrogens is 3. The van der Waals surface area contributed by atoms with E-state index in [1.165, 1.54) is 6.08 Å². The van der Waals surface area contributed by atoms with E-state index in [0.717, 1.165) is 23.4 Å². The van der Waals surface area contributed by atoms with E-state index in [2.05, 4.69) is 22.3 Å². The van der Waals surface area contributed by atoms with Crippen LogP contribution in [0.15, 0.2) is 48.7 Å². The van der Waals surface area contributed by atoms with Gasteiger partial charge in [-0.25, -0.2) is 9.50 Å². The van der Waals surface area contributed by atoms with Gasteiger partial charge in [-0.2, -0.15) is 5.10 Å². The Morgan fingerprint density at radius 1 is 1.24 bits per heavy atom. The Labute approximate surface area is 146 Å². The summed E-state index contributed by atoms with van der Waals surface area (Å²) in [5.41, 5.74) is 2.34. The van der Waals surface area contributed by atoms with Crippen molar-refractivity contribution in [2.75, 3.05) is 11.9 Å². The fourth-order valence-electron chi connectivity index (χ4n) is 2.32. The van der Waals surface area contributed by atoms with Crippen molar-refractivity contribution >= 4 is 23.3 Å². The summed E-state index contributed by atoms with van der Waals surface area (Å²) in [6.45, 7) is 4.59. The number of pyridine rings is 1. The molecule has 2 heterocycles. The second-order valence-corrected chi connectivity index (χ2v) is 5.62. The van der Waals surface area contributed by atoms with Crippen LogP contribution in [0.1, 0.15) is 24.7 Å². The molecule has 25 heavy (non-hydrogen) atoms. The molecular formula is C19H20N4O2. The van der Waals surface area contributed by atoms with Gasteiger partial charge in [-0.05, 0) is 49.2 Å². The number of rotatable bonds is 6. The van der Waals surface area contributed by atoms with E-state index >= 15 is 0 Å². The average molecular weight is 336 g/mol. The minimum Gasteiger partial charge on any atom is -0.494 e. The van der Waals surface area contributed by atoms with Gasteiger partial charge in [0.2, 0.25) is 5.91 Å². The van der Waals surface area contributed by atoms with Gasteiger partial charge >= 0.3 is 0 Å². The highest BCUT2D eigenvalue weighted by atomic mass is 16.5. The number of ether oxygens (including phenoxy) is 1. The molecule has 3 rings (SSSR count). The Morgan fingerprint density at radius 3 is 2.80 bits per heavy atom. The van der Waals surface area contributed by atoms with Crippen LogP contribution in [-0.2, 0) is 4.79 Å². The summed E-state index contributed by atoms with van der Waals surface area (Å²) in [7, 11) is 0. The smallest absolute Gasteiger partial charge is 0.248 e. The van der Waals surface area contributed by atoms with Crippen LogP contribution >= 0.6 is 0 Å². The van der Waals surface area contributed by atoms with Gasteiger partial charge in [-0.15, -0.1) is 0 Å². The number of carbonyl (C=O) groups is 1. The molecule has 0 saturated carbocycles. The molecule has 0 saturated heterocycles. The maximum Gasteiger partial charge on any atom is 0.248 e. The normalized spacial score (nSPS) is 11.1. The summed E-state index contributed by atoms with van der Waals surface area (Å²) < 4.78 is 7.18. The van der Waals surface area contributed by atoms with Crippen molar-refractivity contribution in [2.24, 2.45) is 0 Å². The number of amides is 1. The minimum absolute atomic E-state index is 0.206. The van der Waals surface area contributed by atoms with Crippen LogP contribution in [0.2, 0.25) is 0 Å². The van der Waals surface area contributed by atoms with Crippen molar-refractivity contribution in [1.82, 2.24) is 14.6 Å². The van der Waals surface area contributed by atoms with Gasteiger partial charge < -0.3 is 10.1 Å². The third-order valence-corrected chi connectivity index (χ3v) is 3.48. The van der Waals surface area contributed by atoms with E-state index in [1.54, 1.807) is 22.9 Å². The maximum atomic E-state index is 12.1. The Balaban J connectivity index is 1.61. The van der Waals surface area contributed by atoms with Crippen molar-refractivity contribution in [1.29, 1.82) is 0 Å². The molecule has 3 aromatic rings. The first-order valence-electron chi connectivity index (χ1n) is 8.19. The van der Waals surface area contributed by atoms with E-state index < -0.39 is 0 Å². The molecule has 0 radical (unpaired) electrons. The summed E-state index contributed by atoms with van der Waals surface area (Å²) in [5, 5.41) is 7.04. The highest BCUT2D eigenvalue weighted by Gasteiger charge is 2.02. The summed E-state index contributed by atoms with van der Waals surface area (Å²) in [4.78, 5) is 16.3. The van der Waals surface area contributed by atoms with E-state index in [-0.39, 0.29) is 5.91 Å².